The van der Waals surface area contributed by atoms with Gasteiger partial charge in [0.2, 0.25) is 11.8 Å². The van der Waals surface area contributed by atoms with Crippen molar-refractivity contribution in [3.8, 4) is 11.5 Å². The maximum absolute atomic E-state index is 14.6. The number of rotatable bonds is 5. The lowest BCUT2D eigenvalue weighted by Gasteiger charge is -2.59. The number of hydrogen-bond donors (Lipinski definition) is 1. The van der Waals surface area contributed by atoms with Gasteiger partial charge < -0.3 is 19.6 Å². The van der Waals surface area contributed by atoms with Crippen LogP contribution >= 0.6 is 23.2 Å². The summed E-state index contributed by atoms with van der Waals surface area (Å²) in [5.41, 5.74) is 2.15. The Kier molecular flexibility index (Phi) is 6.82. The van der Waals surface area contributed by atoms with Crippen molar-refractivity contribution >= 4 is 73.9 Å². The standard InChI is InChI=1S/C37H34Cl2N2O5/c1-21(42)46-31-14-29-33(27-10-5-3-8-25(27)31)23(16-39)18-41(29)35(45)37-12-6-11-36(19-37,20-37)34(44)40-17-22(15-38)32-26-9-4-2-7-24(26)30(43)13-28(32)40/h2-5,7-10,13-14,22-23,43H,6,11-12,15-20H2,1H3. The molecule has 2 aliphatic heterocycles. The molecule has 2 amide bonds. The van der Waals surface area contributed by atoms with Gasteiger partial charge in [-0.3, -0.25) is 14.4 Å². The van der Waals surface area contributed by atoms with Crippen LogP contribution in [0.15, 0.2) is 60.7 Å². The van der Waals surface area contributed by atoms with Crippen LogP contribution in [0, 0.1) is 10.8 Å². The number of anilines is 2. The first-order valence-electron chi connectivity index (χ1n) is 15.9. The Hall–Kier alpha value is -3.81. The molecular weight excluding hydrogens is 623 g/mol. The summed E-state index contributed by atoms with van der Waals surface area (Å²) in [4.78, 5) is 44.8. The Bertz CT molecular complexity index is 1970. The number of amides is 2. The molecule has 9 rings (SSSR count). The molecule has 3 aliphatic carbocycles. The minimum atomic E-state index is -0.653. The van der Waals surface area contributed by atoms with E-state index in [1.165, 1.54) is 6.92 Å². The number of phenolic OH excluding ortho intramolecular Hbond substituents is 1. The average molecular weight is 658 g/mol. The number of nitrogens with zero attached hydrogens (tertiary/aromatic N) is 2. The van der Waals surface area contributed by atoms with Crippen LogP contribution in [0.25, 0.3) is 21.5 Å². The van der Waals surface area contributed by atoms with Crippen LogP contribution in [0.5, 0.6) is 11.5 Å². The summed E-state index contributed by atoms with van der Waals surface area (Å²) < 4.78 is 5.63. The number of phenols is 1. The van der Waals surface area contributed by atoms with E-state index in [0.717, 1.165) is 63.3 Å². The topological polar surface area (TPSA) is 87.2 Å². The van der Waals surface area contributed by atoms with Gasteiger partial charge in [0, 0.05) is 66.5 Å². The Morgan fingerprint density at radius 1 is 0.783 bits per heavy atom. The van der Waals surface area contributed by atoms with Crippen molar-refractivity contribution < 1.29 is 24.2 Å². The molecule has 46 heavy (non-hydrogen) atoms. The van der Waals surface area contributed by atoms with Crippen molar-refractivity contribution in [3.05, 3.63) is 71.8 Å². The summed E-state index contributed by atoms with van der Waals surface area (Å²) in [7, 11) is 0. The Morgan fingerprint density at radius 2 is 1.26 bits per heavy atom. The van der Waals surface area contributed by atoms with Gasteiger partial charge in [-0.15, -0.1) is 23.2 Å². The van der Waals surface area contributed by atoms with E-state index in [0.29, 0.717) is 43.4 Å². The molecule has 2 unspecified atom stereocenters. The summed E-state index contributed by atoms with van der Waals surface area (Å²) in [6, 6.07) is 19.0. The first-order valence-corrected chi connectivity index (χ1v) is 17.0. The molecule has 3 fully saturated rings. The Balaban J connectivity index is 1.13. The minimum absolute atomic E-state index is 0.0117. The number of halogens is 2. The zero-order valence-corrected chi connectivity index (χ0v) is 27.0. The van der Waals surface area contributed by atoms with Crippen molar-refractivity contribution in [2.75, 3.05) is 34.6 Å². The molecule has 0 saturated heterocycles. The van der Waals surface area contributed by atoms with Gasteiger partial charge in [0.05, 0.1) is 22.2 Å². The first-order chi connectivity index (χ1) is 22.2. The third-order valence-corrected chi connectivity index (χ3v) is 11.7. The normalized spacial score (nSPS) is 26.2. The molecule has 7 nitrogen and oxygen atoms in total. The van der Waals surface area contributed by atoms with Crippen LogP contribution in [0.3, 0.4) is 0 Å². The molecule has 2 bridgehead atoms. The van der Waals surface area contributed by atoms with Crippen LogP contribution in [0.4, 0.5) is 11.4 Å². The minimum Gasteiger partial charge on any atom is -0.507 e. The molecule has 236 valence electrons. The molecule has 2 heterocycles. The highest BCUT2D eigenvalue weighted by Crippen LogP contribution is 2.66. The highest BCUT2D eigenvalue weighted by Gasteiger charge is 2.66. The molecule has 2 atom stereocenters. The predicted octanol–water partition coefficient (Wildman–Crippen LogP) is 7.61. The summed E-state index contributed by atoms with van der Waals surface area (Å²) >= 11 is 13.0. The van der Waals surface area contributed by atoms with Gasteiger partial charge in [-0.25, -0.2) is 0 Å². The van der Waals surface area contributed by atoms with E-state index in [-0.39, 0.29) is 29.4 Å². The van der Waals surface area contributed by atoms with Crippen molar-refractivity contribution in [1.82, 2.24) is 0 Å². The largest absolute Gasteiger partial charge is 0.507 e. The number of benzene rings is 4. The van der Waals surface area contributed by atoms with Crippen LogP contribution in [0.1, 0.15) is 62.0 Å². The molecule has 0 spiro atoms. The lowest BCUT2D eigenvalue weighted by molar-refractivity contribution is -0.165. The number of hydrogen-bond acceptors (Lipinski definition) is 5. The van der Waals surface area contributed by atoms with Gasteiger partial charge in [-0.1, -0.05) is 55.0 Å². The van der Waals surface area contributed by atoms with E-state index in [2.05, 4.69) is 0 Å². The second kappa shape index (κ2) is 10.6. The van der Waals surface area contributed by atoms with Gasteiger partial charge in [0.15, 0.2) is 0 Å². The van der Waals surface area contributed by atoms with E-state index in [1.807, 2.05) is 64.4 Å². The fourth-order valence-corrected chi connectivity index (χ4v) is 9.67. The van der Waals surface area contributed by atoms with Gasteiger partial charge in [0.25, 0.3) is 0 Å². The number of carbonyl (C=O) groups excluding carboxylic acids is 3. The first kappa shape index (κ1) is 29.6. The van der Waals surface area contributed by atoms with E-state index in [9.17, 15) is 19.5 Å². The van der Waals surface area contributed by atoms with E-state index in [1.54, 1.807) is 6.07 Å². The summed E-state index contributed by atoms with van der Waals surface area (Å²) in [5, 5.41) is 14.3. The number of ether oxygens (including phenoxy) is 1. The lowest BCUT2D eigenvalue weighted by atomic mass is 9.44. The maximum atomic E-state index is 14.6. The number of aromatic hydroxyl groups is 1. The predicted molar refractivity (Wildman–Crippen MR) is 180 cm³/mol. The second-order valence-electron chi connectivity index (χ2n) is 13.6. The van der Waals surface area contributed by atoms with Crippen LogP contribution in [0.2, 0.25) is 0 Å². The monoisotopic (exact) mass is 656 g/mol. The molecule has 4 aromatic carbocycles. The maximum Gasteiger partial charge on any atom is 0.308 e. The van der Waals surface area contributed by atoms with Gasteiger partial charge in [0.1, 0.15) is 11.5 Å². The number of esters is 1. The van der Waals surface area contributed by atoms with Gasteiger partial charge >= 0.3 is 5.97 Å². The molecule has 0 radical (unpaired) electrons. The van der Waals surface area contributed by atoms with E-state index in [4.69, 9.17) is 27.9 Å². The molecule has 5 aliphatic rings. The fraction of sp³-hybridized carbons (Fsp3) is 0.378. The van der Waals surface area contributed by atoms with Crippen LogP contribution < -0.4 is 14.5 Å². The SMILES string of the molecule is CC(=O)Oc1cc2c(c3ccccc13)C(CCl)CN2C(=O)C12CCCC(C(=O)N3CC(CCl)c4c3cc(O)c3ccccc43)(C1)C2. The molecule has 4 aromatic rings. The van der Waals surface area contributed by atoms with E-state index >= 15 is 0 Å². The number of fused-ring (bicyclic) bond motifs is 8. The Labute approximate surface area is 277 Å². The molecule has 3 saturated carbocycles. The second-order valence-corrected chi connectivity index (χ2v) is 14.2. The average Bonchev–Trinajstić information content (AvgIpc) is 3.62. The van der Waals surface area contributed by atoms with Crippen molar-refractivity contribution in [3.63, 3.8) is 0 Å². The third-order valence-electron chi connectivity index (χ3n) is 11.0. The van der Waals surface area contributed by atoms with Gasteiger partial charge in [-0.05, 0) is 47.6 Å². The quantitative estimate of drug-likeness (QED) is 0.136. The zero-order chi connectivity index (χ0) is 32.0. The molecule has 0 aromatic heterocycles. The van der Waals surface area contributed by atoms with Crippen molar-refractivity contribution in [2.24, 2.45) is 10.8 Å². The molecular formula is C37H34Cl2N2O5. The smallest absolute Gasteiger partial charge is 0.308 e. The van der Waals surface area contributed by atoms with Crippen LogP contribution in [-0.2, 0) is 14.4 Å². The third kappa shape index (κ3) is 4.13. The summed E-state index contributed by atoms with van der Waals surface area (Å²) in [5.74, 6) is 0.758. The summed E-state index contributed by atoms with van der Waals surface area (Å²) in [6.07, 6.45) is 3.18. The fourth-order valence-electron chi connectivity index (χ4n) is 9.17. The lowest BCUT2D eigenvalue weighted by Crippen LogP contribution is -2.63. The molecule has 9 heteroatoms. The van der Waals surface area contributed by atoms with E-state index < -0.39 is 16.8 Å². The summed E-state index contributed by atoms with van der Waals surface area (Å²) in [6.45, 7) is 2.27. The Morgan fingerprint density at radius 3 is 1.78 bits per heavy atom. The zero-order valence-electron chi connectivity index (χ0n) is 25.5. The molecule has 1 N–H and O–H groups in total. The highest BCUT2D eigenvalue weighted by molar-refractivity contribution is 6.20. The number of carbonyl (C=O) groups is 3. The van der Waals surface area contributed by atoms with Crippen molar-refractivity contribution in [2.45, 2.75) is 50.9 Å². The van der Waals surface area contributed by atoms with Gasteiger partial charge in [-0.2, -0.15) is 0 Å². The van der Waals surface area contributed by atoms with Crippen LogP contribution in [-0.4, -0.2) is 47.7 Å². The highest BCUT2D eigenvalue weighted by atomic mass is 35.5. The number of alkyl halides is 2. The van der Waals surface area contributed by atoms with Crippen molar-refractivity contribution in [1.29, 1.82) is 0 Å².